The van der Waals surface area contributed by atoms with Crippen LogP contribution in [0.1, 0.15) is 28.6 Å². The van der Waals surface area contributed by atoms with Gasteiger partial charge in [0.2, 0.25) is 0 Å². The number of halogens is 4. The smallest absolute Gasteiger partial charge is 0.365 e. The topological polar surface area (TPSA) is 79.7 Å². The Hall–Kier alpha value is -3.76. The van der Waals surface area contributed by atoms with Crippen LogP contribution in [0, 0.1) is 12.7 Å². The number of fused-ring (bicyclic) bond motifs is 2. The van der Waals surface area contributed by atoms with E-state index in [9.17, 15) is 22.4 Å². The number of imidazole rings is 1. The number of anilines is 2. The number of H-pyrrole nitrogens is 1. The van der Waals surface area contributed by atoms with Gasteiger partial charge in [0.15, 0.2) is 11.6 Å². The number of aromatic nitrogens is 4. The SMILES string of the molecule is Cc1nc2c(n1Cc1cc(F)cc(C(F)(F)F)c1)NC(c1cn(C)c(=O)c3[nH]ccc13)CN2. The first-order valence-corrected chi connectivity index (χ1v) is 10.2. The maximum atomic E-state index is 13.9. The van der Waals surface area contributed by atoms with Gasteiger partial charge in [0.1, 0.15) is 17.2 Å². The zero-order valence-corrected chi connectivity index (χ0v) is 17.7. The fourth-order valence-electron chi connectivity index (χ4n) is 4.30. The molecule has 5 rings (SSSR count). The zero-order chi connectivity index (χ0) is 23.5. The van der Waals surface area contributed by atoms with E-state index >= 15 is 0 Å². The summed E-state index contributed by atoms with van der Waals surface area (Å²) in [7, 11) is 1.67. The highest BCUT2D eigenvalue weighted by Gasteiger charge is 2.32. The molecule has 0 saturated heterocycles. The number of alkyl halides is 3. The van der Waals surface area contributed by atoms with Gasteiger partial charge in [-0.2, -0.15) is 13.2 Å². The van der Waals surface area contributed by atoms with Crippen LogP contribution in [0.5, 0.6) is 0 Å². The number of benzene rings is 1. The van der Waals surface area contributed by atoms with Gasteiger partial charge in [-0.1, -0.05) is 0 Å². The van der Waals surface area contributed by atoms with Crippen LogP contribution in [0.25, 0.3) is 10.9 Å². The molecule has 0 fully saturated rings. The second-order valence-corrected chi connectivity index (χ2v) is 8.13. The third-order valence-electron chi connectivity index (χ3n) is 5.87. The molecule has 1 aromatic carbocycles. The first-order chi connectivity index (χ1) is 15.6. The lowest BCUT2D eigenvalue weighted by molar-refractivity contribution is -0.137. The Morgan fingerprint density at radius 2 is 2.03 bits per heavy atom. The van der Waals surface area contributed by atoms with E-state index in [1.807, 2.05) is 6.07 Å². The summed E-state index contributed by atoms with van der Waals surface area (Å²) in [6.45, 7) is 2.22. The monoisotopic (exact) mass is 460 g/mol. The Kier molecular flexibility index (Phi) is 4.73. The predicted molar refractivity (Wildman–Crippen MR) is 116 cm³/mol. The third-order valence-corrected chi connectivity index (χ3v) is 5.87. The first-order valence-electron chi connectivity index (χ1n) is 10.2. The Balaban J connectivity index is 1.52. The van der Waals surface area contributed by atoms with E-state index in [0.717, 1.165) is 23.1 Å². The molecule has 0 spiro atoms. The number of rotatable bonds is 3. The number of nitrogens with one attached hydrogen (secondary N) is 3. The summed E-state index contributed by atoms with van der Waals surface area (Å²) >= 11 is 0. The number of pyridine rings is 1. The van der Waals surface area contributed by atoms with Gasteiger partial charge in [-0.25, -0.2) is 9.37 Å². The average molecular weight is 460 g/mol. The van der Waals surface area contributed by atoms with Crippen molar-refractivity contribution in [3.05, 3.63) is 75.3 Å². The lowest BCUT2D eigenvalue weighted by Crippen LogP contribution is -2.29. The highest BCUT2D eigenvalue weighted by atomic mass is 19.4. The van der Waals surface area contributed by atoms with Gasteiger partial charge in [-0.3, -0.25) is 4.79 Å². The van der Waals surface area contributed by atoms with Crippen molar-refractivity contribution in [3.8, 4) is 0 Å². The van der Waals surface area contributed by atoms with Gasteiger partial charge < -0.3 is 24.8 Å². The molecule has 33 heavy (non-hydrogen) atoms. The molecule has 1 aliphatic rings. The molecule has 0 saturated carbocycles. The van der Waals surface area contributed by atoms with Crippen LogP contribution in [0.15, 0.2) is 41.5 Å². The molecule has 4 aromatic rings. The third kappa shape index (κ3) is 3.62. The van der Waals surface area contributed by atoms with Crippen LogP contribution >= 0.6 is 0 Å². The summed E-state index contributed by atoms with van der Waals surface area (Å²) in [5.41, 5.74) is 0.363. The molecule has 0 aliphatic carbocycles. The highest BCUT2D eigenvalue weighted by Crippen LogP contribution is 2.35. The van der Waals surface area contributed by atoms with Crippen LogP contribution < -0.4 is 16.2 Å². The van der Waals surface area contributed by atoms with E-state index in [1.54, 1.807) is 30.9 Å². The van der Waals surface area contributed by atoms with Gasteiger partial charge in [0.05, 0.1) is 18.2 Å². The summed E-state index contributed by atoms with van der Waals surface area (Å²) in [6, 6.07) is 4.11. The molecule has 0 radical (unpaired) electrons. The molecule has 1 unspecified atom stereocenters. The van der Waals surface area contributed by atoms with Crippen molar-refractivity contribution in [3.63, 3.8) is 0 Å². The van der Waals surface area contributed by atoms with Crippen molar-refractivity contribution in [2.24, 2.45) is 7.05 Å². The van der Waals surface area contributed by atoms with Gasteiger partial charge >= 0.3 is 6.18 Å². The van der Waals surface area contributed by atoms with Crippen molar-refractivity contribution in [1.29, 1.82) is 0 Å². The second kappa shape index (κ2) is 7.39. The molecule has 3 N–H and O–H groups in total. The molecule has 4 heterocycles. The number of aromatic amines is 1. The minimum atomic E-state index is -4.64. The maximum Gasteiger partial charge on any atom is 0.416 e. The Morgan fingerprint density at radius 1 is 1.24 bits per heavy atom. The Labute approximate surface area is 185 Å². The molecule has 1 aliphatic heterocycles. The van der Waals surface area contributed by atoms with E-state index < -0.39 is 17.6 Å². The lowest BCUT2D eigenvalue weighted by Gasteiger charge is -2.28. The fourth-order valence-corrected chi connectivity index (χ4v) is 4.30. The number of nitrogens with zero attached hydrogens (tertiary/aromatic N) is 3. The average Bonchev–Trinajstić information content (AvgIpc) is 3.35. The lowest BCUT2D eigenvalue weighted by atomic mass is 10.0. The molecule has 1 atom stereocenters. The van der Waals surface area contributed by atoms with Crippen molar-refractivity contribution < 1.29 is 17.6 Å². The van der Waals surface area contributed by atoms with Crippen LogP contribution in [0.3, 0.4) is 0 Å². The highest BCUT2D eigenvalue weighted by molar-refractivity contribution is 5.83. The zero-order valence-electron chi connectivity index (χ0n) is 17.7. The van der Waals surface area contributed by atoms with E-state index in [0.29, 0.717) is 35.6 Å². The number of hydrogen-bond donors (Lipinski definition) is 3. The van der Waals surface area contributed by atoms with Crippen LogP contribution in [0.2, 0.25) is 0 Å². The van der Waals surface area contributed by atoms with Crippen LogP contribution in [-0.2, 0) is 19.8 Å². The molecular formula is C22H20F4N6O. The van der Waals surface area contributed by atoms with Crippen molar-refractivity contribution in [2.75, 3.05) is 17.2 Å². The van der Waals surface area contributed by atoms with Crippen LogP contribution in [0.4, 0.5) is 29.2 Å². The molecule has 172 valence electrons. The standard InChI is InChI=1S/C22H20F4N6O/c1-11-29-19-20(32(11)9-12-5-13(22(24,25)26)7-14(23)6-12)30-17(8-28-19)16-10-31(2)21(33)18-15(16)3-4-27-18/h3-7,10,17,27-28,30H,8-9H2,1-2H3. The largest absolute Gasteiger partial charge is 0.416 e. The van der Waals surface area contributed by atoms with Gasteiger partial charge in [-0.05, 0) is 36.8 Å². The molecule has 11 heteroatoms. The predicted octanol–water partition coefficient (Wildman–Crippen LogP) is 4.16. The van der Waals surface area contributed by atoms with Crippen molar-refractivity contribution in [2.45, 2.75) is 25.7 Å². The van der Waals surface area contributed by atoms with Gasteiger partial charge in [-0.15, -0.1) is 0 Å². The molecular weight excluding hydrogens is 440 g/mol. The van der Waals surface area contributed by atoms with Crippen LogP contribution in [-0.4, -0.2) is 25.6 Å². The Morgan fingerprint density at radius 3 is 2.79 bits per heavy atom. The van der Waals surface area contributed by atoms with Crippen molar-refractivity contribution in [1.82, 2.24) is 19.1 Å². The van der Waals surface area contributed by atoms with E-state index in [2.05, 4.69) is 20.6 Å². The van der Waals surface area contributed by atoms with Gasteiger partial charge in [0, 0.05) is 36.9 Å². The first kappa shape index (κ1) is 21.1. The van der Waals surface area contributed by atoms with Crippen molar-refractivity contribution >= 4 is 22.5 Å². The second-order valence-electron chi connectivity index (χ2n) is 8.13. The summed E-state index contributed by atoms with van der Waals surface area (Å²) < 4.78 is 56.6. The van der Waals surface area contributed by atoms with Gasteiger partial charge in [0.25, 0.3) is 5.56 Å². The van der Waals surface area contributed by atoms with E-state index in [4.69, 9.17) is 0 Å². The summed E-state index contributed by atoms with van der Waals surface area (Å²) in [6.07, 6.45) is -1.18. The van der Waals surface area contributed by atoms with E-state index in [1.165, 1.54) is 4.57 Å². The van der Waals surface area contributed by atoms with E-state index in [-0.39, 0.29) is 23.7 Å². The fraction of sp³-hybridized carbons (Fsp3) is 0.273. The maximum absolute atomic E-state index is 13.9. The summed E-state index contributed by atoms with van der Waals surface area (Å²) in [4.78, 5) is 19.8. The summed E-state index contributed by atoms with van der Waals surface area (Å²) in [5.74, 6) is 0.756. The quantitative estimate of drug-likeness (QED) is 0.401. The molecule has 3 aromatic heterocycles. The summed E-state index contributed by atoms with van der Waals surface area (Å²) in [5, 5.41) is 7.43. The minimum absolute atomic E-state index is 0.00322. The number of hydrogen-bond acceptors (Lipinski definition) is 4. The molecule has 7 nitrogen and oxygen atoms in total. The minimum Gasteiger partial charge on any atom is -0.365 e. The molecule has 0 amide bonds. The normalized spacial score (nSPS) is 15.9. The number of aryl methyl sites for hydroxylation is 2. The molecule has 0 bridgehead atoms. The Bertz CT molecular complexity index is 1430.